The van der Waals surface area contributed by atoms with E-state index < -0.39 is 0 Å². The van der Waals surface area contributed by atoms with Gasteiger partial charge in [-0.15, -0.1) is 0 Å². The van der Waals surface area contributed by atoms with Crippen molar-refractivity contribution in [2.75, 3.05) is 0 Å². The van der Waals surface area contributed by atoms with Crippen LogP contribution in [0.25, 0.3) is 0 Å². The molecule has 0 unspecified atom stereocenters. The Morgan fingerprint density at radius 3 is 2.64 bits per heavy atom. The number of hydrogen-bond acceptors (Lipinski definition) is 1. The Bertz CT molecular complexity index is 294. The predicted molar refractivity (Wildman–Crippen MR) is 56.0 cm³/mol. The summed E-state index contributed by atoms with van der Waals surface area (Å²) in [7, 11) is 0. The van der Waals surface area contributed by atoms with Crippen LogP contribution >= 0.6 is 0 Å². The second-order valence-electron chi connectivity index (χ2n) is 4.07. The minimum atomic E-state index is -0.255. The highest BCUT2D eigenvalue weighted by atomic mass is 19.1. The fraction of sp³-hybridized carbons (Fsp3) is 0.500. The lowest BCUT2D eigenvalue weighted by molar-refractivity contribution is 0.0982. The van der Waals surface area contributed by atoms with Crippen LogP contribution in [0.3, 0.4) is 0 Å². The van der Waals surface area contributed by atoms with Crippen molar-refractivity contribution in [2.24, 2.45) is 0 Å². The molecule has 0 N–H and O–H groups in total. The summed E-state index contributed by atoms with van der Waals surface area (Å²) in [5, 5.41) is 0. The standard InChI is InChI=1S/C12H17FO/c1-4-8-12(2,3)14-11-7-5-6-10(13)9-11/h5-7,9H,4,8H2,1-3H3. The molecule has 78 valence electrons. The van der Waals surface area contributed by atoms with E-state index in [1.165, 1.54) is 12.1 Å². The van der Waals surface area contributed by atoms with Crippen LogP contribution in [-0.4, -0.2) is 5.60 Å². The maximum atomic E-state index is 12.8. The number of rotatable bonds is 4. The van der Waals surface area contributed by atoms with Gasteiger partial charge in [0.2, 0.25) is 0 Å². The first-order chi connectivity index (χ1) is 6.53. The van der Waals surface area contributed by atoms with Crippen molar-refractivity contribution in [1.29, 1.82) is 0 Å². The minimum Gasteiger partial charge on any atom is -0.488 e. The van der Waals surface area contributed by atoms with Crippen LogP contribution in [0, 0.1) is 5.82 Å². The van der Waals surface area contributed by atoms with Crippen molar-refractivity contribution in [3.63, 3.8) is 0 Å². The molecule has 1 aromatic rings. The summed E-state index contributed by atoms with van der Waals surface area (Å²) in [4.78, 5) is 0. The molecule has 0 aromatic heterocycles. The van der Waals surface area contributed by atoms with Gasteiger partial charge in [-0.25, -0.2) is 4.39 Å². The van der Waals surface area contributed by atoms with Gasteiger partial charge in [-0.1, -0.05) is 19.4 Å². The smallest absolute Gasteiger partial charge is 0.126 e. The highest BCUT2D eigenvalue weighted by molar-refractivity contribution is 5.23. The van der Waals surface area contributed by atoms with E-state index in [4.69, 9.17) is 4.74 Å². The molecule has 2 heteroatoms. The third kappa shape index (κ3) is 3.36. The summed E-state index contributed by atoms with van der Waals surface area (Å²) in [5.41, 5.74) is -0.220. The number of hydrogen-bond donors (Lipinski definition) is 0. The third-order valence-electron chi connectivity index (χ3n) is 2.04. The molecule has 0 amide bonds. The van der Waals surface area contributed by atoms with Crippen molar-refractivity contribution in [3.8, 4) is 5.75 Å². The van der Waals surface area contributed by atoms with E-state index in [0.29, 0.717) is 5.75 Å². The lowest BCUT2D eigenvalue weighted by Crippen LogP contribution is -2.27. The molecule has 0 spiro atoms. The maximum absolute atomic E-state index is 12.8. The molecule has 1 nitrogen and oxygen atoms in total. The van der Waals surface area contributed by atoms with Crippen molar-refractivity contribution >= 4 is 0 Å². The summed E-state index contributed by atoms with van der Waals surface area (Å²) in [6.45, 7) is 6.14. The van der Waals surface area contributed by atoms with Gasteiger partial charge in [-0.3, -0.25) is 0 Å². The molecule has 1 rings (SSSR count). The normalized spacial score (nSPS) is 11.4. The van der Waals surface area contributed by atoms with Gasteiger partial charge in [0.1, 0.15) is 17.2 Å². The summed E-state index contributed by atoms with van der Waals surface area (Å²) >= 11 is 0. The molecule has 0 atom stereocenters. The van der Waals surface area contributed by atoms with Gasteiger partial charge < -0.3 is 4.74 Å². The average Bonchev–Trinajstić information content (AvgIpc) is 2.02. The van der Waals surface area contributed by atoms with Gasteiger partial charge in [-0.05, 0) is 32.4 Å². The lowest BCUT2D eigenvalue weighted by Gasteiger charge is -2.25. The molecule has 0 saturated carbocycles. The number of ether oxygens (including phenoxy) is 1. The van der Waals surface area contributed by atoms with Gasteiger partial charge in [0.05, 0.1) is 0 Å². The molecule has 0 aliphatic carbocycles. The maximum Gasteiger partial charge on any atom is 0.126 e. The molecule has 0 bridgehead atoms. The number of benzene rings is 1. The minimum absolute atomic E-state index is 0.220. The van der Waals surface area contributed by atoms with Crippen LogP contribution in [-0.2, 0) is 0 Å². The van der Waals surface area contributed by atoms with E-state index in [1.807, 2.05) is 13.8 Å². The van der Waals surface area contributed by atoms with Crippen molar-refractivity contribution in [3.05, 3.63) is 30.1 Å². The van der Waals surface area contributed by atoms with Crippen molar-refractivity contribution in [1.82, 2.24) is 0 Å². The molecular weight excluding hydrogens is 179 g/mol. The highest BCUT2D eigenvalue weighted by Crippen LogP contribution is 2.22. The first-order valence-corrected chi connectivity index (χ1v) is 4.98. The zero-order valence-corrected chi connectivity index (χ0v) is 9.01. The van der Waals surface area contributed by atoms with E-state index in [2.05, 4.69) is 6.92 Å². The molecule has 14 heavy (non-hydrogen) atoms. The molecule has 0 radical (unpaired) electrons. The second-order valence-corrected chi connectivity index (χ2v) is 4.07. The topological polar surface area (TPSA) is 9.23 Å². The van der Waals surface area contributed by atoms with Gasteiger partial charge in [0.25, 0.3) is 0 Å². The molecule has 0 saturated heterocycles. The van der Waals surface area contributed by atoms with Crippen LogP contribution in [0.4, 0.5) is 4.39 Å². The van der Waals surface area contributed by atoms with Crippen LogP contribution in [0.1, 0.15) is 33.6 Å². The Morgan fingerprint density at radius 1 is 1.36 bits per heavy atom. The SMILES string of the molecule is CCCC(C)(C)Oc1cccc(F)c1. The van der Waals surface area contributed by atoms with Crippen molar-refractivity contribution < 1.29 is 9.13 Å². The zero-order chi connectivity index (χ0) is 10.6. The second kappa shape index (κ2) is 4.45. The monoisotopic (exact) mass is 196 g/mol. The fourth-order valence-corrected chi connectivity index (χ4v) is 1.50. The Hall–Kier alpha value is -1.05. The first kappa shape index (κ1) is 11.0. The van der Waals surface area contributed by atoms with Crippen LogP contribution < -0.4 is 4.74 Å². The van der Waals surface area contributed by atoms with E-state index in [-0.39, 0.29) is 11.4 Å². The molecule has 0 aliphatic rings. The average molecular weight is 196 g/mol. The molecule has 0 aliphatic heterocycles. The zero-order valence-electron chi connectivity index (χ0n) is 9.01. The van der Waals surface area contributed by atoms with E-state index >= 15 is 0 Å². The lowest BCUT2D eigenvalue weighted by atomic mass is 10.0. The van der Waals surface area contributed by atoms with E-state index in [9.17, 15) is 4.39 Å². The fourth-order valence-electron chi connectivity index (χ4n) is 1.50. The quantitative estimate of drug-likeness (QED) is 0.712. The summed E-state index contributed by atoms with van der Waals surface area (Å²) in [6.07, 6.45) is 2.02. The molecular formula is C12H17FO. The number of halogens is 1. The highest BCUT2D eigenvalue weighted by Gasteiger charge is 2.18. The van der Waals surface area contributed by atoms with Gasteiger partial charge in [0.15, 0.2) is 0 Å². The van der Waals surface area contributed by atoms with Crippen LogP contribution in [0.15, 0.2) is 24.3 Å². The largest absolute Gasteiger partial charge is 0.488 e. The Labute approximate surface area is 84.9 Å². The Balaban J connectivity index is 2.68. The summed E-state index contributed by atoms with van der Waals surface area (Å²) < 4.78 is 18.5. The summed E-state index contributed by atoms with van der Waals surface area (Å²) in [5.74, 6) is 0.346. The van der Waals surface area contributed by atoms with Crippen LogP contribution in [0.5, 0.6) is 5.75 Å². The Kier molecular flexibility index (Phi) is 3.50. The Morgan fingerprint density at radius 2 is 2.07 bits per heavy atom. The summed E-state index contributed by atoms with van der Waals surface area (Å²) in [6, 6.07) is 6.27. The van der Waals surface area contributed by atoms with Crippen molar-refractivity contribution in [2.45, 2.75) is 39.2 Å². The van der Waals surface area contributed by atoms with Gasteiger partial charge >= 0.3 is 0 Å². The van der Waals surface area contributed by atoms with Gasteiger partial charge in [-0.2, -0.15) is 0 Å². The van der Waals surface area contributed by atoms with Gasteiger partial charge in [0, 0.05) is 6.07 Å². The molecule has 1 aromatic carbocycles. The third-order valence-corrected chi connectivity index (χ3v) is 2.04. The first-order valence-electron chi connectivity index (χ1n) is 4.98. The van der Waals surface area contributed by atoms with E-state index in [0.717, 1.165) is 12.8 Å². The molecule has 0 heterocycles. The van der Waals surface area contributed by atoms with E-state index in [1.54, 1.807) is 12.1 Å². The predicted octanol–water partition coefficient (Wildman–Crippen LogP) is 3.78. The van der Waals surface area contributed by atoms with Crippen LogP contribution in [0.2, 0.25) is 0 Å². The molecule has 0 fully saturated rings.